The van der Waals surface area contributed by atoms with Crippen LogP contribution in [0.4, 0.5) is 0 Å². The van der Waals surface area contributed by atoms with Crippen molar-refractivity contribution in [1.29, 1.82) is 0 Å². The van der Waals surface area contributed by atoms with Crippen LogP contribution in [0.2, 0.25) is 0 Å². The van der Waals surface area contributed by atoms with Gasteiger partial charge in [-0.25, -0.2) is 0 Å². The molecule has 0 aliphatic heterocycles. The number of nitrogens with zero attached hydrogens (tertiary/aromatic N) is 3. The van der Waals surface area contributed by atoms with E-state index in [0.717, 1.165) is 11.9 Å². The molecular weight excluding hydrogens is 518 g/mol. The first-order valence-electron chi connectivity index (χ1n) is 14.0. The van der Waals surface area contributed by atoms with E-state index in [-0.39, 0.29) is 0 Å². The number of hydrogen-bond donors (Lipinski definition) is 0. The van der Waals surface area contributed by atoms with Crippen molar-refractivity contribution < 1.29 is 0 Å². The van der Waals surface area contributed by atoms with Crippen molar-refractivity contribution in [1.82, 2.24) is 14.1 Å². The van der Waals surface area contributed by atoms with Gasteiger partial charge >= 0.3 is 0 Å². The summed E-state index contributed by atoms with van der Waals surface area (Å²) in [4.78, 5) is 4.37. The van der Waals surface area contributed by atoms with Gasteiger partial charge in [-0.15, -0.1) is 11.3 Å². The first-order valence-corrected chi connectivity index (χ1v) is 14.8. The Morgan fingerprint density at radius 2 is 1.41 bits per heavy atom. The molecule has 0 radical (unpaired) electrons. The molecule has 194 valence electrons. The highest BCUT2D eigenvalue weighted by atomic mass is 32.1. The molecule has 0 fully saturated rings. The van der Waals surface area contributed by atoms with E-state index in [9.17, 15) is 0 Å². The summed E-state index contributed by atoms with van der Waals surface area (Å²) in [6.45, 7) is 0. The molecule has 0 saturated carbocycles. The van der Waals surface area contributed by atoms with Crippen LogP contribution in [0.15, 0.2) is 122 Å². The Hall–Kier alpha value is -4.93. The van der Waals surface area contributed by atoms with Gasteiger partial charge in [-0.2, -0.15) is 0 Å². The van der Waals surface area contributed by atoms with E-state index in [1.807, 2.05) is 23.7 Å². The fourth-order valence-corrected chi connectivity index (χ4v) is 7.96. The van der Waals surface area contributed by atoms with Crippen LogP contribution >= 0.6 is 11.3 Å². The number of pyridine rings is 1. The van der Waals surface area contributed by atoms with Crippen molar-refractivity contribution in [3.8, 4) is 5.69 Å². The summed E-state index contributed by atoms with van der Waals surface area (Å²) in [7, 11) is 2.12. The Labute approximate surface area is 240 Å². The first kappa shape index (κ1) is 22.8. The molecule has 9 rings (SSSR count). The second-order valence-corrected chi connectivity index (χ2v) is 12.0. The van der Waals surface area contributed by atoms with E-state index in [1.165, 1.54) is 75.1 Å². The predicted molar refractivity (Wildman–Crippen MR) is 175 cm³/mol. The van der Waals surface area contributed by atoms with Gasteiger partial charge in [-0.3, -0.25) is 4.98 Å². The molecule has 0 unspecified atom stereocenters. The minimum absolute atomic E-state index is 0.894. The van der Waals surface area contributed by atoms with Crippen LogP contribution in [0.3, 0.4) is 0 Å². The molecule has 4 heteroatoms. The standard InChI is InChI=1S/C37H25N3S/c1-39-31-16-14-25(21-30(31)28-17-18-38-22-34(28)39)40-32-10-4-2-8-26(32)27-15-13-23(20-33(27)40)19-24-7-6-12-36-37(24)29-9-3-5-11-35(29)41-36/h2-18,20-22H,19H2,1H3. The molecule has 0 atom stereocenters. The summed E-state index contributed by atoms with van der Waals surface area (Å²) in [5.41, 5.74) is 8.72. The highest BCUT2D eigenvalue weighted by Gasteiger charge is 2.16. The number of fused-ring (bicyclic) bond motifs is 9. The zero-order valence-electron chi connectivity index (χ0n) is 22.5. The van der Waals surface area contributed by atoms with Crippen molar-refractivity contribution in [3.63, 3.8) is 0 Å². The lowest BCUT2D eigenvalue weighted by atomic mass is 9.98. The van der Waals surface area contributed by atoms with Crippen molar-refractivity contribution in [2.24, 2.45) is 7.05 Å². The van der Waals surface area contributed by atoms with Crippen LogP contribution in [-0.2, 0) is 13.5 Å². The van der Waals surface area contributed by atoms with Gasteiger partial charge < -0.3 is 9.13 Å². The zero-order valence-corrected chi connectivity index (χ0v) is 23.3. The lowest BCUT2D eigenvalue weighted by molar-refractivity contribution is 1.01. The Morgan fingerprint density at radius 3 is 2.37 bits per heavy atom. The monoisotopic (exact) mass is 543 g/mol. The van der Waals surface area contributed by atoms with E-state index >= 15 is 0 Å². The summed E-state index contributed by atoms with van der Waals surface area (Å²) < 4.78 is 7.39. The van der Waals surface area contributed by atoms with Gasteiger partial charge in [-0.05, 0) is 66.1 Å². The molecule has 0 bridgehead atoms. The molecule has 9 aromatic rings. The van der Waals surface area contributed by atoms with Gasteiger partial charge in [-0.1, -0.05) is 60.7 Å². The molecular formula is C37H25N3S. The molecule has 0 aliphatic rings. The van der Waals surface area contributed by atoms with Gasteiger partial charge in [0.2, 0.25) is 0 Å². The van der Waals surface area contributed by atoms with Crippen LogP contribution in [-0.4, -0.2) is 14.1 Å². The van der Waals surface area contributed by atoms with Crippen LogP contribution in [0, 0.1) is 0 Å². The molecule has 4 heterocycles. The molecule has 4 aromatic heterocycles. The molecule has 0 amide bonds. The van der Waals surface area contributed by atoms with Gasteiger partial charge in [0, 0.05) is 66.2 Å². The third kappa shape index (κ3) is 3.28. The fourth-order valence-electron chi connectivity index (χ4n) is 6.80. The summed E-state index contributed by atoms with van der Waals surface area (Å²) >= 11 is 1.89. The summed E-state index contributed by atoms with van der Waals surface area (Å²) in [6.07, 6.45) is 4.74. The van der Waals surface area contributed by atoms with E-state index < -0.39 is 0 Å². The minimum Gasteiger partial charge on any atom is -0.342 e. The van der Waals surface area contributed by atoms with Gasteiger partial charge in [0.05, 0.1) is 22.7 Å². The average Bonchev–Trinajstić information content (AvgIpc) is 3.65. The van der Waals surface area contributed by atoms with Gasteiger partial charge in [0.15, 0.2) is 0 Å². The molecule has 3 nitrogen and oxygen atoms in total. The van der Waals surface area contributed by atoms with Crippen molar-refractivity contribution in [3.05, 3.63) is 133 Å². The summed E-state index contributed by atoms with van der Waals surface area (Å²) in [5, 5.41) is 7.80. The van der Waals surface area contributed by atoms with Crippen molar-refractivity contribution in [2.45, 2.75) is 6.42 Å². The highest BCUT2D eigenvalue weighted by Crippen LogP contribution is 2.38. The first-order chi connectivity index (χ1) is 20.2. The number of rotatable bonds is 3. The second-order valence-electron chi connectivity index (χ2n) is 10.9. The fraction of sp³-hybridized carbons (Fsp3) is 0.0541. The third-order valence-electron chi connectivity index (χ3n) is 8.67. The molecule has 0 saturated heterocycles. The largest absolute Gasteiger partial charge is 0.342 e. The van der Waals surface area contributed by atoms with E-state index in [2.05, 4.69) is 130 Å². The highest BCUT2D eigenvalue weighted by molar-refractivity contribution is 7.25. The molecule has 41 heavy (non-hydrogen) atoms. The van der Waals surface area contributed by atoms with E-state index in [4.69, 9.17) is 0 Å². The van der Waals surface area contributed by atoms with Crippen LogP contribution in [0.25, 0.3) is 69.5 Å². The topological polar surface area (TPSA) is 22.8 Å². The lowest BCUT2D eigenvalue weighted by Gasteiger charge is -2.10. The van der Waals surface area contributed by atoms with Crippen LogP contribution in [0.1, 0.15) is 11.1 Å². The molecule has 0 spiro atoms. The predicted octanol–water partition coefficient (Wildman–Crippen LogP) is 9.78. The van der Waals surface area contributed by atoms with Crippen LogP contribution < -0.4 is 0 Å². The van der Waals surface area contributed by atoms with Gasteiger partial charge in [0.25, 0.3) is 0 Å². The molecule has 5 aromatic carbocycles. The number of aromatic nitrogens is 3. The molecule has 0 N–H and O–H groups in total. The van der Waals surface area contributed by atoms with Crippen molar-refractivity contribution in [2.75, 3.05) is 0 Å². The van der Waals surface area contributed by atoms with Crippen molar-refractivity contribution >= 4 is 75.1 Å². The second kappa shape index (κ2) is 8.53. The SMILES string of the molecule is Cn1c2ccc(-n3c4ccccc4c4ccc(Cc5cccc6sc7ccccc7c56)cc43)cc2c2ccncc21. The summed E-state index contributed by atoms with van der Waals surface area (Å²) in [6, 6.07) is 40.3. The normalized spacial score (nSPS) is 12.1. The molecule has 0 aliphatic carbocycles. The quantitative estimate of drug-likeness (QED) is 0.217. The number of para-hydroxylation sites is 1. The van der Waals surface area contributed by atoms with Gasteiger partial charge in [0.1, 0.15) is 0 Å². The maximum Gasteiger partial charge on any atom is 0.0675 e. The lowest BCUT2D eigenvalue weighted by Crippen LogP contribution is -1.95. The number of hydrogen-bond acceptors (Lipinski definition) is 2. The van der Waals surface area contributed by atoms with E-state index in [1.54, 1.807) is 0 Å². The summed E-state index contributed by atoms with van der Waals surface area (Å²) in [5.74, 6) is 0. The Kier molecular flexibility index (Phi) is 4.75. The number of benzene rings is 5. The maximum atomic E-state index is 4.37. The van der Waals surface area contributed by atoms with Crippen LogP contribution in [0.5, 0.6) is 0 Å². The van der Waals surface area contributed by atoms with E-state index in [0.29, 0.717) is 0 Å². The Bertz CT molecular complexity index is 2470. The number of aryl methyl sites for hydroxylation is 1. The number of thiophene rings is 1. The smallest absolute Gasteiger partial charge is 0.0675 e. The minimum atomic E-state index is 0.894. The zero-order chi connectivity index (χ0) is 27.1. The Morgan fingerprint density at radius 1 is 0.610 bits per heavy atom. The third-order valence-corrected chi connectivity index (χ3v) is 9.81. The average molecular weight is 544 g/mol. The maximum absolute atomic E-state index is 4.37. The Balaban J connectivity index is 1.27.